The Labute approximate surface area is 178 Å². The molecular formula is C23H23N3O5. The predicted octanol–water partition coefficient (Wildman–Crippen LogP) is 2.20. The van der Waals surface area contributed by atoms with Crippen LogP contribution in [0.25, 0.3) is 5.52 Å². The van der Waals surface area contributed by atoms with Gasteiger partial charge in [0.25, 0.3) is 5.91 Å². The van der Waals surface area contributed by atoms with E-state index in [0.29, 0.717) is 18.6 Å². The van der Waals surface area contributed by atoms with Crippen LogP contribution in [0.2, 0.25) is 0 Å². The number of likely N-dealkylation sites (N-methyl/N-ethyl adjacent to an activating group) is 1. The van der Waals surface area contributed by atoms with E-state index in [1.54, 1.807) is 24.4 Å². The summed E-state index contributed by atoms with van der Waals surface area (Å²) in [4.78, 5) is 41.9. The van der Waals surface area contributed by atoms with E-state index in [4.69, 9.17) is 0 Å². The Balaban J connectivity index is 1.85. The summed E-state index contributed by atoms with van der Waals surface area (Å²) < 4.78 is 1.49. The van der Waals surface area contributed by atoms with Gasteiger partial charge < -0.3 is 24.8 Å². The molecule has 0 fully saturated rings. The molecule has 2 heterocycles. The van der Waals surface area contributed by atoms with Gasteiger partial charge >= 0.3 is 0 Å². The van der Waals surface area contributed by atoms with Crippen molar-refractivity contribution < 1.29 is 24.6 Å². The Hall–Kier alpha value is -3.65. The Bertz CT molecular complexity index is 1220. The average molecular weight is 421 g/mol. The van der Waals surface area contributed by atoms with Crippen LogP contribution >= 0.6 is 0 Å². The number of rotatable bonds is 6. The highest BCUT2D eigenvalue weighted by molar-refractivity contribution is 6.33. The average Bonchev–Trinajstić information content (AvgIpc) is 3.12. The number of nitrogens with zero attached hydrogens (tertiary/aromatic N) is 2. The Morgan fingerprint density at radius 2 is 1.61 bits per heavy atom. The molecule has 1 aliphatic carbocycles. The molecule has 0 saturated heterocycles. The normalized spacial score (nSPS) is 12.9. The van der Waals surface area contributed by atoms with Crippen LogP contribution in [0, 0.1) is 0 Å². The number of benzene rings is 1. The highest BCUT2D eigenvalue weighted by atomic mass is 16.3. The maximum Gasteiger partial charge on any atom is 0.254 e. The van der Waals surface area contributed by atoms with E-state index in [1.165, 1.54) is 10.5 Å². The summed E-state index contributed by atoms with van der Waals surface area (Å²) in [6.07, 6.45) is 1.59. The molecule has 31 heavy (non-hydrogen) atoms. The molecule has 3 aromatic rings. The summed E-state index contributed by atoms with van der Waals surface area (Å²) >= 11 is 0. The first-order valence-electron chi connectivity index (χ1n) is 10.2. The first kappa shape index (κ1) is 20.6. The van der Waals surface area contributed by atoms with Gasteiger partial charge in [-0.2, -0.15) is 0 Å². The third-order valence-electron chi connectivity index (χ3n) is 5.74. The minimum atomic E-state index is -0.671. The summed E-state index contributed by atoms with van der Waals surface area (Å²) in [7, 11) is 0. The summed E-state index contributed by atoms with van der Waals surface area (Å²) in [6.45, 7) is 6.80. The van der Waals surface area contributed by atoms with Gasteiger partial charge in [0.1, 0.15) is 17.2 Å². The molecule has 3 N–H and O–H groups in total. The van der Waals surface area contributed by atoms with E-state index in [2.05, 4.69) is 10.2 Å². The minimum absolute atomic E-state index is 0.00268. The largest absolute Gasteiger partial charge is 0.507 e. The van der Waals surface area contributed by atoms with Gasteiger partial charge in [-0.05, 0) is 37.4 Å². The summed E-state index contributed by atoms with van der Waals surface area (Å²) in [6, 6.07) is 7.38. The van der Waals surface area contributed by atoms with Gasteiger partial charge in [0.15, 0.2) is 0 Å². The lowest BCUT2D eigenvalue weighted by molar-refractivity contribution is 0.0935. The number of phenolic OH excluding ortho intramolecular Hbond substituents is 2. The van der Waals surface area contributed by atoms with Crippen LogP contribution in [0.4, 0.5) is 0 Å². The summed E-state index contributed by atoms with van der Waals surface area (Å²) in [5, 5.41) is 23.3. The van der Waals surface area contributed by atoms with Crippen LogP contribution in [0.5, 0.6) is 11.5 Å². The highest BCUT2D eigenvalue weighted by Gasteiger charge is 2.40. The molecule has 8 heteroatoms. The molecule has 160 valence electrons. The number of aromatic hydroxyl groups is 2. The third kappa shape index (κ3) is 3.16. The molecule has 0 aliphatic heterocycles. The summed E-state index contributed by atoms with van der Waals surface area (Å²) in [5.41, 5.74) is -0.115. The van der Waals surface area contributed by atoms with Crippen molar-refractivity contribution in [2.45, 2.75) is 13.8 Å². The van der Waals surface area contributed by atoms with Crippen molar-refractivity contribution in [1.82, 2.24) is 14.6 Å². The van der Waals surface area contributed by atoms with Crippen LogP contribution in [-0.4, -0.2) is 63.2 Å². The molecule has 0 unspecified atom stereocenters. The van der Waals surface area contributed by atoms with Gasteiger partial charge in [-0.1, -0.05) is 19.9 Å². The molecule has 8 nitrogen and oxygen atoms in total. The third-order valence-corrected chi connectivity index (χ3v) is 5.74. The van der Waals surface area contributed by atoms with Crippen molar-refractivity contribution in [2.24, 2.45) is 0 Å². The fourth-order valence-corrected chi connectivity index (χ4v) is 4.12. The topological polar surface area (TPSA) is 111 Å². The molecule has 0 atom stereocenters. The second-order valence-corrected chi connectivity index (χ2v) is 7.35. The Morgan fingerprint density at radius 1 is 0.968 bits per heavy atom. The van der Waals surface area contributed by atoms with Crippen LogP contribution < -0.4 is 5.32 Å². The van der Waals surface area contributed by atoms with Crippen LogP contribution in [0.3, 0.4) is 0 Å². The van der Waals surface area contributed by atoms with Crippen molar-refractivity contribution >= 4 is 23.0 Å². The van der Waals surface area contributed by atoms with Gasteiger partial charge in [-0.25, -0.2) is 0 Å². The number of nitrogens with one attached hydrogen (secondary N) is 1. The quantitative estimate of drug-likeness (QED) is 0.412. The molecule has 2 aromatic heterocycles. The van der Waals surface area contributed by atoms with Crippen molar-refractivity contribution in [2.75, 3.05) is 26.2 Å². The van der Waals surface area contributed by atoms with E-state index < -0.39 is 29.0 Å². The fourth-order valence-electron chi connectivity index (χ4n) is 4.12. The molecule has 0 spiro atoms. The van der Waals surface area contributed by atoms with Gasteiger partial charge in [0, 0.05) is 19.3 Å². The zero-order valence-corrected chi connectivity index (χ0v) is 17.3. The van der Waals surface area contributed by atoms with Crippen molar-refractivity contribution in [3.8, 4) is 11.5 Å². The highest BCUT2D eigenvalue weighted by Crippen LogP contribution is 2.40. The second kappa shape index (κ2) is 7.88. The Kier molecular flexibility index (Phi) is 5.24. The fraction of sp³-hybridized carbons (Fsp3) is 0.261. The number of amides is 1. The second-order valence-electron chi connectivity index (χ2n) is 7.35. The molecular weight excluding hydrogens is 398 g/mol. The lowest BCUT2D eigenvalue weighted by atomic mass is 9.85. The van der Waals surface area contributed by atoms with Crippen LogP contribution in [0.15, 0.2) is 36.5 Å². The molecule has 1 aliphatic rings. The standard InChI is InChI=1S/C23H23N3O5/c1-3-25(4-2)12-10-24-23(31)16-13-7-5-6-11-26(13)20-19(16)21(29)17-14(27)8-9-15(28)18(17)22(20)30/h5-9,11,27-28H,3-4,10,12H2,1-2H3,(H,24,31). The summed E-state index contributed by atoms with van der Waals surface area (Å²) in [5.74, 6) is -2.58. The number of ketones is 2. The number of carbonyl (C=O) groups excluding carboxylic acids is 3. The van der Waals surface area contributed by atoms with E-state index >= 15 is 0 Å². The van der Waals surface area contributed by atoms with Crippen LogP contribution in [0.1, 0.15) is 56.2 Å². The van der Waals surface area contributed by atoms with E-state index in [1.807, 2.05) is 13.8 Å². The number of fused-ring (bicyclic) bond motifs is 4. The van der Waals surface area contributed by atoms with Crippen molar-refractivity contribution in [1.29, 1.82) is 0 Å². The molecule has 1 amide bonds. The molecule has 1 aromatic carbocycles. The van der Waals surface area contributed by atoms with Gasteiger partial charge in [-0.3, -0.25) is 14.4 Å². The monoisotopic (exact) mass is 421 g/mol. The minimum Gasteiger partial charge on any atom is -0.507 e. The Morgan fingerprint density at radius 3 is 2.26 bits per heavy atom. The van der Waals surface area contributed by atoms with Crippen molar-refractivity contribution in [3.63, 3.8) is 0 Å². The van der Waals surface area contributed by atoms with Crippen LogP contribution in [-0.2, 0) is 0 Å². The lowest BCUT2D eigenvalue weighted by Gasteiger charge is -2.19. The maximum absolute atomic E-state index is 13.4. The number of hydrogen-bond donors (Lipinski definition) is 3. The van der Waals surface area contributed by atoms with Crippen molar-refractivity contribution in [3.05, 3.63) is 64.5 Å². The van der Waals surface area contributed by atoms with Gasteiger partial charge in [0.05, 0.1) is 27.8 Å². The first-order chi connectivity index (χ1) is 14.9. The number of aromatic nitrogens is 1. The number of phenols is 2. The number of carbonyl (C=O) groups is 3. The SMILES string of the molecule is CCN(CC)CCNC(=O)c1c2c(n3ccccc13)C(=O)c1c(O)ccc(O)c1C2=O. The van der Waals surface area contributed by atoms with Gasteiger partial charge in [0.2, 0.25) is 11.6 Å². The lowest BCUT2D eigenvalue weighted by Crippen LogP contribution is -2.35. The maximum atomic E-state index is 13.4. The first-order valence-corrected chi connectivity index (χ1v) is 10.2. The molecule has 0 bridgehead atoms. The predicted molar refractivity (Wildman–Crippen MR) is 114 cm³/mol. The number of pyridine rings is 1. The number of hydrogen-bond acceptors (Lipinski definition) is 6. The zero-order chi connectivity index (χ0) is 22.3. The smallest absolute Gasteiger partial charge is 0.254 e. The molecule has 0 saturated carbocycles. The van der Waals surface area contributed by atoms with Gasteiger partial charge in [-0.15, -0.1) is 0 Å². The zero-order valence-electron chi connectivity index (χ0n) is 17.3. The van der Waals surface area contributed by atoms with E-state index in [9.17, 15) is 24.6 Å². The van der Waals surface area contributed by atoms with E-state index in [0.717, 1.165) is 19.2 Å². The van der Waals surface area contributed by atoms with E-state index in [-0.39, 0.29) is 27.9 Å². The molecule has 0 radical (unpaired) electrons. The molecule has 4 rings (SSSR count).